The van der Waals surface area contributed by atoms with E-state index in [9.17, 15) is 4.79 Å². The van der Waals surface area contributed by atoms with Crippen molar-refractivity contribution in [1.82, 2.24) is 20.2 Å². The third kappa shape index (κ3) is 3.30. The lowest BCUT2D eigenvalue weighted by Gasteiger charge is -2.13. The lowest BCUT2D eigenvalue weighted by atomic mass is 10.1. The molecule has 0 fully saturated rings. The SMILES string of the molecule is Cc1ccc(-n2nnnc2SC(C(N)=O)c2ccccc2)cc1C. The van der Waals surface area contributed by atoms with E-state index in [1.165, 1.54) is 17.3 Å². The first-order valence-electron chi connectivity index (χ1n) is 7.43. The average molecular weight is 339 g/mol. The summed E-state index contributed by atoms with van der Waals surface area (Å²) >= 11 is 1.24. The number of hydrogen-bond acceptors (Lipinski definition) is 5. The van der Waals surface area contributed by atoms with Crippen LogP contribution >= 0.6 is 11.8 Å². The minimum atomic E-state index is -0.553. The number of tetrazole rings is 1. The molecule has 6 nitrogen and oxygen atoms in total. The first-order chi connectivity index (χ1) is 11.6. The van der Waals surface area contributed by atoms with E-state index in [0.717, 1.165) is 16.8 Å². The highest BCUT2D eigenvalue weighted by atomic mass is 32.2. The summed E-state index contributed by atoms with van der Waals surface area (Å²) in [4.78, 5) is 11.9. The van der Waals surface area contributed by atoms with Crippen LogP contribution < -0.4 is 5.73 Å². The summed E-state index contributed by atoms with van der Waals surface area (Å²) in [6.45, 7) is 4.08. The Bertz CT molecular complexity index is 862. The number of primary amides is 1. The fraction of sp³-hybridized carbons (Fsp3) is 0.176. The number of aromatic nitrogens is 4. The van der Waals surface area contributed by atoms with E-state index in [1.54, 1.807) is 4.68 Å². The number of thioether (sulfide) groups is 1. The highest BCUT2D eigenvalue weighted by Gasteiger charge is 2.23. The zero-order valence-electron chi connectivity index (χ0n) is 13.4. The molecular weight excluding hydrogens is 322 g/mol. The molecular formula is C17H17N5OS. The van der Waals surface area contributed by atoms with E-state index in [-0.39, 0.29) is 0 Å². The van der Waals surface area contributed by atoms with Gasteiger partial charge in [0.1, 0.15) is 5.25 Å². The quantitative estimate of drug-likeness (QED) is 0.722. The van der Waals surface area contributed by atoms with Gasteiger partial charge in [-0.15, -0.1) is 5.10 Å². The molecule has 1 unspecified atom stereocenters. The molecule has 3 rings (SSSR count). The van der Waals surface area contributed by atoms with Crippen molar-refractivity contribution in [1.29, 1.82) is 0 Å². The Kier molecular flexibility index (Phi) is 4.61. The van der Waals surface area contributed by atoms with E-state index >= 15 is 0 Å². The van der Waals surface area contributed by atoms with Crippen molar-refractivity contribution in [2.75, 3.05) is 0 Å². The molecule has 0 aliphatic carbocycles. The van der Waals surface area contributed by atoms with E-state index in [4.69, 9.17) is 5.73 Å². The van der Waals surface area contributed by atoms with Crippen LogP contribution in [-0.4, -0.2) is 26.1 Å². The first kappa shape index (κ1) is 16.2. The number of carbonyl (C=O) groups is 1. The number of nitrogens with two attached hydrogens (primary N) is 1. The van der Waals surface area contributed by atoms with Crippen LogP contribution in [0.15, 0.2) is 53.7 Å². The lowest BCUT2D eigenvalue weighted by molar-refractivity contribution is -0.117. The summed E-state index contributed by atoms with van der Waals surface area (Å²) in [7, 11) is 0. The van der Waals surface area contributed by atoms with Crippen molar-refractivity contribution >= 4 is 17.7 Å². The van der Waals surface area contributed by atoms with Gasteiger partial charge in [-0.05, 0) is 53.1 Å². The molecule has 0 radical (unpaired) electrons. The lowest BCUT2D eigenvalue weighted by Crippen LogP contribution is -2.19. The fourth-order valence-electron chi connectivity index (χ4n) is 2.30. The molecule has 1 heterocycles. The highest BCUT2D eigenvalue weighted by molar-refractivity contribution is 8.00. The van der Waals surface area contributed by atoms with Gasteiger partial charge in [0.2, 0.25) is 11.1 Å². The Morgan fingerprint density at radius 2 is 1.88 bits per heavy atom. The van der Waals surface area contributed by atoms with Gasteiger partial charge in [0.25, 0.3) is 0 Å². The third-order valence-electron chi connectivity index (χ3n) is 3.76. The fourth-order valence-corrected chi connectivity index (χ4v) is 3.24. The summed E-state index contributed by atoms with van der Waals surface area (Å²) in [5.74, 6) is -0.430. The number of amides is 1. The molecule has 0 aliphatic rings. The van der Waals surface area contributed by atoms with Gasteiger partial charge >= 0.3 is 0 Å². The Balaban J connectivity index is 1.94. The highest BCUT2D eigenvalue weighted by Crippen LogP contribution is 2.34. The Labute approximate surface area is 144 Å². The van der Waals surface area contributed by atoms with E-state index in [1.807, 2.05) is 62.4 Å². The van der Waals surface area contributed by atoms with Gasteiger partial charge in [0, 0.05) is 0 Å². The van der Waals surface area contributed by atoms with E-state index in [0.29, 0.717) is 5.16 Å². The molecule has 1 amide bonds. The van der Waals surface area contributed by atoms with Crippen LogP contribution in [0.4, 0.5) is 0 Å². The van der Waals surface area contributed by atoms with Crippen molar-refractivity contribution < 1.29 is 4.79 Å². The standard InChI is InChI=1S/C17H17N5OS/c1-11-8-9-14(10-12(11)2)22-17(19-20-21-22)24-15(16(18)23)13-6-4-3-5-7-13/h3-10,15H,1-2H3,(H2,18,23). The van der Waals surface area contributed by atoms with Crippen LogP contribution in [0.1, 0.15) is 21.9 Å². The second-order valence-electron chi connectivity index (χ2n) is 5.45. The van der Waals surface area contributed by atoms with Crippen LogP contribution in [0.3, 0.4) is 0 Å². The predicted octanol–water partition coefficient (Wildman–Crippen LogP) is 2.60. The topological polar surface area (TPSA) is 86.7 Å². The largest absolute Gasteiger partial charge is 0.368 e. The van der Waals surface area contributed by atoms with Crippen molar-refractivity contribution in [3.8, 4) is 5.69 Å². The first-order valence-corrected chi connectivity index (χ1v) is 8.31. The van der Waals surface area contributed by atoms with Crippen LogP contribution in [0.25, 0.3) is 5.69 Å². The molecule has 0 spiro atoms. The van der Waals surface area contributed by atoms with E-state index < -0.39 is 11.2 Å². The van der Waals surface area contributed by atoms with Crippen LogP contribution in [0.5, 0.6) is 0 Å². The molecule has 0 saturated carbocycles. The maximum absolute atomic E-state index is 11.9. The number of benzene rings is 2. The second-order valence-corrected chi connectivity index (χ2v) is 6.53. The second kappa shape index (κ2) is 6.84. The minimum absolute atomic E-state index is 0.430. The monoisotopic (exact) mass is 339 g/mol. The van der Waals surface area contributed by atoms with Crippen molar-refractivity contribution in [2.45, 2.75) is 24.3 Å². The molecule has 1 aromatic heterocycles. The summed E-state index contributed by atoms with van der Waals surface area (Å²) in [6, 6.07) is 15.4. The van der Waals surface area contributed by atoms with E-state index in [2.05, 4.69) is 15.5 Å². The van der Waals surface area contributed by atoms with Gasteiger partial charge in [-0.3, -0.25) is 4.79 Å². The number of nitrogens with zero attached hydrogens (tertiary/aromatic N) is 4. The van der Waals surface area contributed by atoms with Crippen molar-refractivity contribution in [3.05, 3.63) is 65.2 Å². The number of hydrogen-bond donors (Lipinski definition) is 1. The van der Waals surface area contributed by atoms with Gasteiger partial charge < -0.3 is 5.73 Å². The molecule has 122 valence electrons. The maximum Gasteiger partial charge on any atom is 0.235 e. The molecule has 0 bridgehead atoms. The zero-order chi connectivity index (χ0) is 17.1. The normalized spacial score (nSPS) is 12.1. The molecule has 0 saturated heterocycles. The number of aryl methyl sites for hydroxylation is 2. The van der Waals surface area contributed by atoms with Gasteiger partial charge in [0.15, 0.2) is 0 Å². The average Bonchev–Trinajstić information content (AvgIpc) is 3.04. The third-order valence-corrected chi connectivity index (χ3v) is 4.97. The Morgan fingerprint density at radius 1 is 1.12 bits per heavy atom. The van der Waals surface area contributed by atoms with Crippen molar-refractivity contribution in [2.24, 2.45) is 5.73 Å². The van der Waals surface area contributed by atoms with Gasteiger partial charge in [-0.2, -0.15) is 4.68 Å². The Morgan fingerprint density at radius 3 is 2.54 bits per heavy atom. The number of carbonyl (C=O) groups excluding carboxylic acids is 1. The Hall–Kier alpha value is -2.67. The number of rotatable bonds is 5. The van der Waals surface area contributed by atoms with Gasteiger partial charge in [0.05, 0.1) is 5.69 Å². The zero-order valence-corrected chi connectivity index (χ0v) is 14.2. The smallest absolute Gasteiger partial charge is 0.235 e. The van der Waals surface area contributed by atoms with Crippen LogP contribution in [0.2, 0.25) is 0 Å². The molecule has 24 heavy (non-hydrogen) atoms. The van der Waals surface area contributed by atoms with Gasteiger partial charge in [-0.25, -0.2) is 0 Å². The predicted molar refractivity (Wildman–Crippen MR) is 92.9 cm³/mol. The molecule has 0 aliphatic heterocycles. The minimum Gasteiger partial charge on any atom is -0.368 e. The molecule has 7 heteroatoms. The summed E-state index contributed by atoms with van der Waals surface area (Å²) in [5, 5.41) is 11.8. The molecule has 3 aromatic rings. The molecule has 2 N–H and O–H groups in total. The van der Waals surface area contributed by atoms with Crippen molar-refractivity contribution in [3.63, 3.8) is 0 Å². The maximum atomic E-state index is 11.9. The summed E-state index contributed by atoms with van der Waals surface area (Å²) in [6.07, 6.45) is 0. The summed E-state index contributed by atoms with van der Waals surface area (Å²) < 4.78 is 1.62. The molecule has 1 atom stereocenters. The summed E-state index contributed by atoms with van der Waals surface area (Å²) in [5.41, 5.74) is 9.59. The molecule has 2 aromatic carbocycles. The van der Waals surface area contributed by atoms with Crippen LogP contribution in [0, 0.1) is 13.8 Å². The van der Waals surface area contributed by atoms with Gasteiger partial charge in [-0.1, -0.05) is 48.2 Å². The van der Waals surface area contributed by atoms with Crippen LogP contribution in [-0.2, 0) is 4.79 Å².